The first kappa shape index (κ1) is 21.2. The molecule has 2 saturated carbocycles. The highest BCUT2D eigenvalue weighted by Crippen LogP contribution is 2.40. The molecular weight excluding hydrogens is 346 g/mol. The number of hydrogen-bond acceptors (Lipinski definition) is 2. The molecule has 27 heavy (non-hydrogen) atoms. The van der Waals surface area contributed by atoms with E-state index in [1.54, 1.807) is 0 Å². The summed E-state index contributed by atoms with van der Waals surface area (Å²) in [7, 11) is 0. The van der Waals surface area contributed by atoms with Gasteiger partial charge in [0.05, 0.1) is 18.8 Å². The van der Waals surface area contributed by atoms with E-state index < -0.39 is 6.08 Å². The maximum absolute atomic E-state index is 12.3. The molecule has 2 aliphatic carbocycles. The Kier molecular flexibility index (Phi) is 8.57. The minimum atomic E-state index is -1.63. The lowest BCUT2D eigenvalue weighted by Crippen LogP contribution is -2.28. The third-order valence-electron chi connectivity index (χ3n) is 7.27. The van der Waals surface area contributed by atoms with Crippen LogP contribution in [0.2, 0.25) is 0 Å². The SMILES string of the molecule is CC1CCC(C2CCC(OCCCC3CCC(C=C(F)F)OC3)CC2)CC1. The van der Waals surface area contributed by atoms with Crippen LogP contribution in [-0.4, -0.2) is 25.4 Å². The van der Waals surface area contributed by atoms with Gasteiger partial charge in [0.25, 0.3) is 6.08 Å². The Bertz CT molecular complexity index is 439. The molecule has 4 heteroatoms. The quantitative estimate of drug-likeness (QED) is 0.452. The van der Waals surface area contributed by atoms with E-state index in [9.17, 15) is 8.78 Å². The first-order valence-corrected chi connectivity index (χ1v) is 11.4. The third kappa shape index (κ3) is 7.12. The molecule has 3 fully saturated rings. The maximum Gasteiger partial charge on any atom is 0.268 e. The Morgan fingerprint density at radius 2 is 1.59 bits per heavy atom. The van der Waals surface area contributed by atoms with Crippen molar-refractivity contribution in [2.75, 3.05) is 13.2 Å². The van der Waals surface area contributed by atoms with Gasteiger partial charge in [-0.15, -0.1) is 0 Å². The van der Waals surface area contributed by atoms with Crippen LogP contribution in [0.25, 0.3) is 0 Å². The van der Waals surface area contributed by atoms with Crippen LogP contribution in [0.4, 0.5) is 8.78 Å². The van der Waals surface area contributed by atoms with E-state index in [1.165, 1.54) is 51.4 Å². The summed E-state index contributed by atoms with van der Waals surface area (Å²) in [5.41, 5.74) is 0. The summed E-state index contributed by atoms with van der Waals surface area (Å²) in [4.78, 5) is 0. The molecular formula is C23H38F2O2. The minimum Gasteiger partial charge on any atom is -0.378 e. The molecule has 2 atom stereocenters. The monoisotopic (exact) mass is 384 g/mol. The summed E-state index contributed by atoms with van der Waals surface area (Å²) in [6.45, 7) is 3.86. The third-order valence-corrected chi connectivity index (χ3v) is 7.27. The molecule has 3 aliphatic rings. The molecule has 2 unspecified atom stereocenters. The van der Waals surface area contributed by atoms with Crippen LogP contribution in [0.1, 0.15) is 84.0 Å². The van der Waals surface area contributed by atoms with Gasteiger partial charge in [-0.05, 0) is 87.9 Å². The van der Waals surface area contributed by atoms with Crippen molar-refractivity contribution < 1.29 is 18.3 Å². The molecule has 1 heterocycles. The molecule has 0 aromatic carbocycles. The number of rotatable bonds is 7. The van der Waals surface area contributed by atoms with Crippen molar-refractivity contribution in [2.45, 2.75) is 96.2 Å². The van der Waals surface area contributed by atoms with Gasteiger partial charge in [-0.3, -0.25) is 0 Å². The van der Waals surface area contributed by atoms with E-state index in [4.69, 9.17) is 9.47 Å². The standard InChI is InChI=1S/C23H38F2O2/c1-17-4-7-19(8-5-17)20-9-12-21(13-10-20)26-14-2-3-18-6-11-22(27-16-18)15-23(24)25/h15,17-22H,2-14,16H2,1H3. The highest BCUT2D eigenvalue weighted by atomic mass is 19.3. The zero-order chi connectivity index (χ0) is 19.1. The molecule has 0 amide bonds. The Morgan fingerprint density at radius 3 is 2.19 bits per heavy atom. The van der Waals surface area contributed by atoms with Crippen molar-refractivity contribution in [3.05, 3.63) is 12.2 Å². The maximum atomic E-state index is 12.3. The van der Waals surface area contributed by atoms with Crippen LogP contribution in [0.5, 0.6) is 0 Å². The van der Waals surface area contributed by atoms with Crippen molar-refractivity contribution >= 4 is 0 Å². The number of hydrogen-bond donors (Lipinski definition) is 0. The van der Waals surface area contributed by atoms with Gasteiger partial charge in [0.2, 0.25) is 0 Å². The van der Waals surface area contributed by atoms with Gasteiger partial charge in [0.15, 0.2) is 0 Å². The van der Waals surface area contributed by atoms with Crippen molar-refractivity contribution in [3.63, 3.8) is 0 Å². The van der Waals surface area contributed by atoms with Crippen LogP contribution in [0.15, 0.2) is 12.2 Å². The zero-order valence-corrected chi connectivity index (χ0v) is 17.0. The molecule has 156 valence electrons. The topological polar surface area (TPSA) is 18.5 Å². The fourth-order valence-electron chi connectivity index (χ4n) is 5.43. The number of halogens is 2. The van der Waals surface area contributed by atoms with Crippen LogP contribution in [-0.2, 0) is 9.47 Å². The van der Waals surface area contributed by atoms with E-state index in [1.807, 2.05) is 0 Å². The Balaban J connectivity index is 1.22. The molecule has 0 radical (unpaired) electrons. The summed E-state index contributed by atoms with van der Waals surface area (Å²) in [5, 5.41) is 0. The van der Waals surface area contributed by atoms with Crippen molar-refractivity contribution in [1.29, 1.82) is 0 Å². The molecule has 0 aromatic heterocycles. The normalized spacial score (nSPS) is 37.7. The van der Waals surface area contributed by atoms with Gasteiger partial charge in [-0.2, -0.15) is 8.78 Å². The summed E-state index contributed by atoms with van der Waals surface area (Å²) < 4.78 is 36.2. The predicted octanol–water partition coefficient (Wildman–Crippen LogP) is 6.74. The number of ether oxygens (including phenoxy) is 2. The van der Waals surface area contributed by atoms with E-state index in [2.05, 4.69) is 6.92 Å². The van der Waals surface area contributed by atoms with Gasteiger partial charge in [0.1, 0.15) is 0 Å². The second-order valence-corrected chi connectivity index (χ2v) is 9.34. The molecule has 1 aliphatic heterocycles. The van der Waals surface area contributed by atoms with Crippen molar-refractivity contribution in [1.82, 2.24) is 0 Å². The highest BCUT2D eigenvalue weighted by Gasteiger charge is 2.30. The molecule has 1 saturated heterocycles. The lowest BCUT2D eigenvalue weighted by Gasteiger charge is -2.37. The first-order chi connectivity index (χ1) is 13.1. The van der Waals surface area contributed by atoms with E-state index in [-0.39, 0.29) is 6.10 Å². The molecule has 3 rings (SSSR count). The average Bonchev–Trinajstić information content (AvgIpc) is 2.67. The predicted molar refractivity (Wildman–Crippen MR) is 105 cm³/mol. The fourth-order valence-corrected chi connectivity index (χ4v) is 5.43. The highest BCUT2D eigenvalue weighted by molar-refractivity contribution is 4.91. The van der Waals surface area contributed by atoms with Gasteiger partial charge < -0.3 is 9.47 Å². The average molecular weight is 385 g/mol. The molecule has 0 spiro atoms. The van der Waals surface area contributed by atoms with Gasteiger partial charge in [-0.1, -0.05) is 19.8 Å². The molecule has 0 bridgehead atoms. The van der Waals surface area contributed by atoms with Gasteiger partial charge in [0, 0.05) is 12.7 Å². The Morgan fingerprint density at radius 1 is 0.926 bits per heavy atom. The summed E-state index contributed by atoms with van der Waals surface area (Å²) >= 11 is 0. The molecule has 0 aromatic rings. The van der Waals surface area contributed by atoms with E-state index in [0.717, 1.165) is 49.7 Å². The van der Waals surface area contributed by atoms with Crippen molar-refractivity contribution in [2.24, 2.45) is 23.7 Å². The second-order valence-electron chi connectivity index (χ2n) is 9.34. The minimum absolute atomic E-state index is 0.384. The summed E-state index contributed by atoms with van der Waals surface area (Å²) in [6, 6.07) is 0. The Hall–Kier alpha value is -0.480. The van der Waals surface area contributed by atoms with Crippen LogP contribution in [0, 0.1) is 23.7 Å². The van der Waals surface area contributed by atoms with Gasteiger partial charge >= 0.3 is 0 Å². The van der Waals surface area contributed by atoms with E-state index >= 15 is 0 Å². The largest absolute Gasteiger partial charge is 0.378 e. The molecule has 2 nitrogen and oxygen atoms in total. The first-order valence-electron chi connectivity index (χ1n) is 11.4. The Labute approximate surface area is 164 Å². The summed E-state index contributed by atoms with van der Waals surface area (Å²) in [6.07, 6.45) is 14.2. The van der Waals surface area contributed by atoms with Crippen LogP contribution < -0.4 is 0 Å². The second kappa shape index (κ2) is 10.9. The summed E-state index contributed by atoms with van der Waals surface area (Å²) in [5.74, 6) is 3.39. The smallest absolute Gasteiger partial charge is 0.268 e. The van der Waals surface area contributed by atoms with Crippen LogP contribution in [0.3, 0.4) is 0 Å². The lowest BCUT2D eigenvalue weighted by molar-refractivity contribution is -0.00988. The van der Waals surface area contributed by atoms with Gasteiger partial charge in [-0.25, -0.2) is 0 Å². The van der Waals surface area contributed by atoms with Crippen LogP contribution >= 0.6 is 0 Å². The van der Waals surface area contributed by atoms with Crippen molar-refractivity contribution in [3.8, 4) is 0 Å². The fraction of sp³-hybridized carbons (Fsp3) is 0.913. The van der Waals surface area contributed by atoms with E-state index in [0.29, 0.717) is 25.0 Å². The molecule has 0 N–H and O–H groups in total. The lowest BCUT2D eigenvalue weighted by atomic mass is 9.71. The zero-order valence-electron chi connectivity index (χ0n) is 17.0.